The summed E-state index contributed by atoms with van der Waals surface area (Å²) in [6.07, 6.45) is 17.1. The van der Waals surface area contributed by atoms with Gasteiger partial charge in [-0.15, -0.1) is 0 Å². The van der Waals surface area contributed by atoms with Crippen LogP contribution in [0, 0.1) is 0 Å². The normalized spacial score (nSPS) is 12.3. The van der Waals surface area contributed by atoms with Gasteiger partial charge in [-0.05, 0) is 32.6 Å². The molecule has 0 heterocycles. The number of ether oxygens (including phenoxy) is 1. The maximum Gasteiger partial charge on any atom is 0.306 e. The monoisotopic (exact) mass is 376 g/mol. The van der Waals surface area contributed by atoms with E-state index in [0.717, 1.165) is 24.6 Å². The summed E-state index contributed by atoms with van der Waals surface area (Å²) in [7, 11) is 0. The van der Waals surface area contributed by atoms with E-state index in [2.05, 4.69) is 22.9 Å². The fraction of sp³-hybridized carbons (Fsp3) is 0.947. The molecular formula is C19H37BrO2. The Kier molecular flexibility index (Phi) is 17.3. The zero-order valence-corrected chi connectivity index (χ0v) is 16.5. The third kappa shape index (κ3) is 16.3. The number of rotatable bonds is 16. The Morgan fingerprint density at radius 1 is 0.864 bits per heavy atom. The first-order valence-corrected chi connectivity index (χ1v) is 10.6. The molecule has 0 amide bonds. The summed E-state index contributed by atoms with van der Waals surface area (Å²) >= 11 is 3.37. The van der Waals surface area contributed by atoms with Gasteiger partial charge in [0, 0.05) is 11.8 Å². The largest absolute Gasteiger partial charge is 0.463 e. The Bertz CT molecular complexity index is 244. The van der Waals surface area contributed by atoms with Crippen molar-refractivity contribution < 1.29 is 9.53 Å². The first-order chi connectivity index (χ1) is 10.7. The van der Waals surface area contributed by atoms with Crippen LogP contribution in [0.4, 0.5) is 0 Å². The molecule has 3 heteroatoms. The predicted octanol–water partition coefficient (Wildman–Crippen LogP) is 6.79. The van der Waals surface area contributed by atoms with Crippen molar-refractivity contribution in [1.29, 1.82) is 0 Å². The Morgan fingerprint density at radius 3 is 1.95 bits per heavy atom. The molecule has 0 aliphatic heterocycles. The predicted molar refractivity (Wildman–Crippen MR) is 99.7 cm³/mol. The van der Waals surface area contributed by atoms with E-state index in [1.165, 1.54) is 64.2 Å². The highest BCUT2D eigenvalue weighted by Gasteiger charge is 2.08. The molecule has 1 atom stereocenters. The van der Waals surface area contributed by atoms with E-state index in [4.69, 9.17) is 4.74 Å². The molecule has 0 aromatic heterocycles. The van der Waals surface area contributed by atoms with E-state index in [-0.39, 0.29) is 12.1 Å². The summed E-state index contributed by atoms with van der Waals surface area (Å²) in [5, 5.41) is 0.967. The Labute approximate surface area is 146 Å². The fourth-order valence-electron chi connectivity index (χ4n) is 2.63. The molecule has 0 radical (unpaired) electrons. The van der Waals surface area contributed by atoms with Gasteiger partial charge >= 0.3 is 5.97 Å². The van der Waals surface area contributed by atoms with E-state index in [0.29, 0.717) is 6.42 Å². The highest BCUT2D eigenvalue weighted by molar-refractivity contribution is 9.09. The van der Waals surface area contributed by atoms with Crippen LogP contribution in [0.25, 0.3) is 0 Å². The molecule has 0 spiro atoms. The zero-order chi connectivity index (χ0) is 16.5. The SMILES string of the molecule is CCCCCCCCCCCCC(C)OC(=O)CCCCBr. The quantitative estimate of drug-likeness (QED) is 0.168. The first kappa shape index (κ1) is 21.9. The summed E-state index contributed by atoms with van der Waals surface area (Å²) < 4.78 is 5.43. The molecule has 0 saturated heterocycles. The third-order valence-electron chi connectivity index (χ3n) is 4.06. The molecule has 22 heavy (non-hydrogen) atoms. The van der Waals surface area contributed by atoms with E-state index in [9.17, 15) is 4.79 Å². The standard InChI is InChI=1S/C19H37BrO2/c1-3-4-5-6-7-8-9-10-11-12-15-18(2)22-19(21)16-13-14-17-20/h18H,3-17H2,1-2H3. The summed E-state index contributed by atoms with van der Waals surface area (Å²) in [4.78, 5) is 11.6. The number of unbranched alkanes of at least 4 members (excludes halogenated alkanes) is 10. The van der Waals surface area contributed by atoms with Gasteiger partial charge in [0.25, 0.3) is 0 Å². The first-order valence-electron chi connectivity index (χ1n) is 9.46. The van der Waals surface area contributed by atoms with Crippen molar-refractivity contribution in [1.82, 2.24) is 0 Å². The van der Waals surface area contributed by atoms with Crippen molar-refractivity contribution in [3.8, 4) is 0 Å². The molecule has 0 N–H and O–H groups in total. The van der Waals surface area contributed by atoms with Crippen LogP contribution >= 0.6 is 15.9 Å². The number of halogens is 1. The van der Waals surface area contributed by atoms with E-state index < -0.39 is 0 Å². The van der Waals surface area contributed by atoms with Crippen molar-refractivity contribution in [2.24, 2.45) is 0 Å². The summed E-state index contributed by atoms with van der Waals surface area (Å²) in [5.41, 5.74) is 0. The van der Waals surface area contributed by atoms with Crippen LogP contribution in [0.2, 0.25) is 0 Å². The van der Waals surface area contributed by atoms with Gasteiger partial charge in [0.1, 0.15) is 0 Å². The number of hydrogen-bond donors (Lipinski definition) is 0. The van der Waals surface area contributed by atoms with Crippen LogP contribution in [0.3, 0.4) is 0 Å². The Morgan fingerprint density at radius 2 is 1.41 bits per heavy atom. The van der Waals surface area contributed by atoms with Crippen molar-refractivity contribution in [2.75, 3.05) is 5.33 Å². The molecule has 0 aromatic rings. The van der Waals surface area contributed by atoms with Crippen LogP contribution in [0.5, 0.6) is 0 Å². The molecular weight excluding hydrogens is 340 g/mol. The molecule has 0 aliphatic rings. The minimum absolute atomic E-state index is 0.0273. The lowest BCUT2D eigenvalue weighted by Gasteiger charge is -2.13. The molecule has 0 aromatic carbocycles. The van der Waals surface area contributed by atoms with Crippen molar-refractivity contribution >= 4 is 21.9 Å². The van der Waals surface area contributed by atoms with Gasteiger partial charge in [-0.1, -0.05) is 80.6 Å². The van der Waals surface area contributed by atoms with Crippen LogP contribution in [-0.4, -0.2) is 17.4 Å². The maximum absolute atomic E-state index is 11.6. The smallest absolute Gasteiger partial charge is 0.306 e. The molecule has 0 aliphatic carbocycles. The van der Waals surface area contributed by atoms with Gasteiger partial charge in [-0.25, -0.2) is 0 Å². The van der Waals surface area contributed by atoms with Crippen LogP contribution < -0.4 is 0 Å². The molecule has 0 saturated carbocycles. The van der Waals surface area contributed by atoms with Crippen LogP contribution in [0.15, 0.2) is 0 Å². The highest BCUT2D eigenvalue weighted by Crippen LogP contribution is 2.13. The number of carbonyl (C=O) groups is 1. The van der Waals surface area contributed by atoms with E-state index >= 15 is 0 Å². The van der Waals surface area contributed by atoms with Gasteiger partial charge in [0.05, 0.1) is 6.10 Å². The lowest BCUT2D eigenvalue weighted by atomic mass is 10.0. The van der Waals surface area contributed by atoms with Gasteiger partial charge in [0.2, 0.25) is 0 Å². The van der Waals surface area contributed by atoms with Crippen LogP contribution in [0.1, 0.15) is 104 Å². The average Bonchev–Trinajstić information content (AvgIpc) is 2.49. The van der Waals surface area contributed by atoms with E-state index in [1.54, 1.807) is 0 Å². The molecule has 132 valence electrons. The second kappa shape index (κ2) is 17.3. The van der Waals surface area contributed by atoms with Crippen LogP contribution in [-0.2, 0) is 9.53 Å². The second-order valence-corrected chi connectivity index (χ2v) is 7.21. The molecule has 0 rings (SSSR count). The fourth-order valence-corrected chi connectivity index (χ4v) is 3.02. The minimum atomic E-state index is -0.0273. The summed E-state index contributed by atoms with van der Waals surface area (Å²) in [6.45, 7) is 4.29. The van der Waals surface area contributed by atoms with Gasteiger partial charge in [0.15, 0.2) is 0 Å². The summed E-state index contributed by atoms with van der Waals surface area (Å²) in [6, 6.07) is 0. The van der Waals surface area contributed by atoms with Crippen molar-refractivity contribution in [2.45, 2.75) is 110 Å². The topological polar surface area (TPSA) is 26.3 Å². The molecule has 0 bridgehead atoms. The lowest BCUT2D eigenvalue weighted by molar-refractivity contribution is -0.148. The number of esters is 1. The number of carbonyl (C=O) groups excluding carboxylic acids is 1. The maximum atomic E-state index is 11.6. The van der Waals surface area contributed by atoms with Crippen molar-refractivity contribution in [3.63, 3.8) is 0 Å². The lowest BCUT2D eigenvalue weighted by Crippen LogP contribution is -2.14. The minimum Gasteiger partial charge on any atom is -0.463 e. The Balaban J connectivity index is 3.27. The number of hydrogen-bond acceptors (Lipinski definition) is 2. The average molecular weight is 377 g/mol. The second-order valence-electron chi connectivity index (χ2n) is 6.42. The highest BCUT2D eigenvalue weighted by atomic mass is 79.9. The molecule has 2 nitrogen and oxygen atoms in total. The third-order valence-corrected chi connectivity index (χ3v) is 4.62. The van der Waals surface area contributed by atoms with Gasteiger partial charge in [-0.2, -0.15) is 0 Å². The Hall–Kier alpha value is -0.0500. The van der Waals surface area contributed by atoms with E-state index in [1.807, 2.05) is 6.92 Å². The molecule has 1 unspecified atom stereocenters. The summed E-state index contributed by atoms with van der Waals surface area (Å²) in [5.74, 6) is -0.0273. The van der Waals surface area contributed by atoms with Crippen molar-refractivity contribution in [3.05, 3.63) is 0 Å². The zero-order valence-electron chi connectivity index (χ0n) is 14.9. The van der Waals surface area contributed by atoms with Gasteiger partial charge < -0.3 is 4.74 Å². The molecule has 0 fully saturated rings. The number of alkyl halides is 1. The van der Waals surface area contributed by atoms with Gasteiger partial charge in [-0.3, -0.25) is 4.79 Å².